The van der Waals surface area contributed by atoms with Crippen LogP contribution in [0, 0.1) is 17.5 Å². The smallest absolute Gasteiger partial charge is 0.133 e. The maximum absolute atomic E-state index is 5.70. The fourth-order valence-electron chi connectivity index (χ4n) is 0.948. The van der Waals surface area contributed by atoms with Crippen LogP contribution in [0.1, 0.15) is 11.1 Å². The lowest BCUT2D eigenvalue weighted by Crippen LogP contribution is -1.82. The summed E-state index contributed by atoms with van der Waals surface area (Å²) in [6.45, 7) is 3.86. The van der Waals surface area contributed by atoms with Gasteiger partial charge in [0.25, 0.3) is 0 Å². The summed E-state index contributed by atoms with van der Waals surface area (Å²) in [6.07, 6.45) is 1.68. The molecule has 2 aromatic rings. The zero-order valence-corrected chi connectivity index (χ0v) is 13.1. The number of rotatable bonds is 0. The molecule has 0 bridgehead atoms. The van der Waals surface area contributed by atoms with Crippen molar-refractivity contribution in [2.24, 2.45) is 0 Å². The van der Waals surface area contributed by atoms with E-state index in [4.69, 9.17) is 23.2 Å². The van der Waals surface area contributed by atoms with Crippen molar-refractivity contribution in [2.75, 3.05) is 0 Å². The molecule has 0 atom stereocenters. The van der Waals surface area contributed by atoms with Crippen LogP contribution in [-0.2, 0) is 0 Å². The Morgan fingerprint density at radius 2 is 1.65 bits per heavy atom. The normalized spacial score (nSPS) is 9.47. The van der Waals surface area contributed by atoms with E-state index in [0.717, 1.165) is 14.8 Å². The van der Waals surface area contributed by atoms with E-state index in [9.17, 15) is 0 Å². The first-order valence-corrected chi connectivity index (χ1v) is 6.70. The summed E-state index contributed by atoms with van der Waals surface area (Å²) in [6, 6.07) is 7.68. The summed E-state index contributed by atoms with van der Waals surface area (Å²) in [5.41, 5.74) is 2.05. The number of hydrogen-bond acceptors (Lipinski definition) is 2. The van der Waals surface area contributed by atoms with E-state index in [1.165, 1.54) is 0 Å². The second-order valence-corrected chi connectivity index (χ2v) is 5.17. The molecule has 0 radical (unpaired) electrons. The Morgan fingerprint density at radius 1 is 1.00 bits per heavy atom. The van der Waals surface area contributed by atoms with Gasteiger partial charge in [0, 0.05) is 6.20 Å². The summed E-state index contributed by atoms with van der Waals surface area (Å²) in [7, 11) is 0. The average Bonchev–Trinajstić information content (AvgIpc) is 2.29. The van der Waals surface area contributed by atoms with Gasteiger partial charge in [-0.15, -0.1) is 0 Å². The van der Waals surface area contributed by atoms with Crippen LogP contribution in [-0.4, -0.2) is 9.97 Å². The molecule has 0 amide bonds. The zero-order chi connectivity index (χ0) is 12.8. The summed E-state index contributed by atoms with van der Waals surface area (Å²) in [4.78, 5) is 7.87. The van der Waals surface area contributed by atoms with E-state index in [0.29, 0.717) is 10.3 Å². The molecule has 0 aliphatic rings. The van der Waals surface area contributed by atoms with Crippen molar-refractivity contribution in [1.29, 1.82) is 0 Å². The first-order valence-electron chi connectivity index (χ1n) is 4.86. The molecule has 0 aromatic carbocycles. The molecule has 0 saturated heterocycles. The summed E-state index contributed by atoms with van der Waals surface area (Å²) in [5.74, 6) is 0. The van der Waals surface area contributed by atoms with E-state index in [2.05, 4.69) is 32.6 Å². The van der Waals surface area contributed by atoms with Crippen LogP contribution < -0.4 is 0 Å². The highest BCUT2D eigenvalue weighted by molar-refractivity contribution is 14.1. The Balaban J connectivity index is 0.000000171. The van der Waals surface area contributed by atoms with Gasteiger partial charge >= 0.3 is 0 Å². The third-order valence-corrected chi connectivity index (χ3v) is 3.33. The number of aromatic nitrogens is 2. The molecular formula is C12H11Cl2IN2. The maximum Gasteiger partial charge on any atom is 0.133 e. The second-order valence-electron chi connectivity index (χ2n) is 3.35. The van der Waals surface area contributed by atoms with Gasteiger partial charge in [0.1, 0.15) is 14.0 Å². The molecule has 0 N–H and O–H groups in total. The number of pyridine rings is 2. The minimum Gasteiger partial charge on any atom is -0.244 e. The lowest BCUT2D eigenvalue weighted by atomic mass is 10.3. The SMILES string of the molecule is Cc1ccc(I)nc1Cl.Cc1cccnc1Cl. The fraction of sp³-hybridized carbons (Fsp3) is 0.167. The third kappa shape index (κ3) is 5.19. The predicted molar refractivity (Wildman–Crippen MR) is 80.7 cm³/mol. The lowest BCUT2D eigenvalue weighted by Gasteiger charge is -1.94. The average molecular weight is 381 g/mol. The van der Waals surface area contributed by atoms with Gasteiger partial charge in [-0.25, -0.2) is 9.97 Å². The highest BCUT2D eigenvalue weighted by Gasteiger charge is 1.94. The molecule has 0 aliphatic heterocycles. The van der Waals surface area contributed by atoms with Crippen molar-refractivity contribution in [3.63, 3.8) is 0 Å². The van der Waals surface area contributed by atoms with E-state index >= 15 is 0 Å². The van der Waals surface area contributed by atoms with Crippen molar-refractivity contribution in [2.45, 2.75) is 13.8 Å². The fourth-order valence-corrected chi connectivity index (χ4v) is 1.79. The summed E-state index contributed by atoms with van der Waals surface area (Å²) in [5, 5.41) is 1.19. The molecule has 2 nitrogen and oxygen atoms in total. The van der Waals surface area contributed by atoms with Crippen LogP contribution in [0.3, 0.4) is 0 Å². The molecule has 0 unspecified atom stereocenters. The molecule has 17 heavy (non-hydrogen) atoms. The van der Waals surface area contributed by atoms with Crippen LogP contribution in [0.4, 0.5) is 0 Å². The second kappa shape index (κ2) is 7.13. The minimum atomic E-state index is 0.590. The molecule has 0 aliphatic carbocycles. The zero-order valence-electron chi connectivity index (χ0n) is 9.42. The highest BCUT2D eigenvalue weighted by Crippen LogP contribution is 2.12. The van der Waals surface area contributed by atoms with Crippen LogP contribution in [0.15, 0.2) is 30.5 Å². The number of halogens is 3. The quantitative estimate of drug-likeness (QED) is 0.489. The Kier molecular flexibility index (Phi) is 6.16. The topological polar surface area (TPSA) is 25.8 Å². The molecule has 5 heteroatoms. The molecule has 2 aromatic heterocycles. The number of hydrogen-bond donors (Lipinski definition) is 0. The summed E-state index contributed by atoms with van der Waals surface area (Å²) < 4.78 is 0.934. The van der Waals surface area contributed by atoms with E-state index in [1.807, 2.05) is 38.1 Å². The molecule has 0 spiro atoms. The van der Waals surface area contributed by atoms with Gasteiger partial charge in [0.2, 0.25) is 0 Å². The Hall–Kier alpha value is -0.390. The Labute approximate surface area is 125 Å². The summed E-state index contributed by atoms with van der Waals surface area (Å²) >= 11 is 13.4. The largest absolute Gasteiger partial charge is 0.244 e. The standard InChI is InChI=1S/C6H5ClIN.C6H6ClN/c1-4-2-3-5(8)9-6(4)7;1-5-3-2-4-8-6(5)7/h2-3H,1H3;2-4H,1H3. The van der Waals surface area contributed by atoms with Crippen molar-refractivity contribution in [1.82, 2.24) is 9.97 Å². The molecule has 2 heterocycles. The van der Waals surface area contributed by atoms with Gasteiger partial charge in [-0.05, 0) is 59.7 Å². The van der Waals surface area contributed by atoms with Gasteiger partial charge < -0.3 is 0 Å². The molecule has 0 saturated carbocycles. The molecule has 0 fully saturated rings. The van der Waals surface area contributed by atoms with Crippen molar-refractivity contribution in [3.8, 4) is 0 Å². The highest BCUT2D eigenvalue weighted by atomic mass is 127. The van der Waals surface area contributed by atoms with E-state index in [1.54, 1.807) is 6.20 Å². The van der Waals surface area contributed by atoms with Crippen molar-refractivity contribution in [3.05, 3.63) is 55.6 Å². The van der Waals surface area contributed by atoms with Gasteiger partial charge in [0.05, 0.1) is 0 Å². The third-order valence-electron chi connectivity index (χ3n) is 1.95. The monoisotopic (exact) mass is 380 g/mol. The Bertz CT molecular complexity index is 483. The van der Waals surface area contributed by atoms with Gasteiger partial charge in [-0.3, -0.25) is 0 Å². The number of aryl methyl sites for hydroxylation is 2. The first-order chi connectivity index (χ1) is 8.00. The van der Waals surface area contributed by atoms with Crippen molar-refractivity contribution < 1.29 is 0 Å². The van der Waals surface area contributed by atoms with E-state index in [-0.39, 0.29) is 0 Å². The van der Waals surface area contributed by atoms with Gasteiger partial charge in [0.15, 0.2) is 0 Å². The maximum atomic E-state index is 5.70. The van der Waals surface area contributed by atoms with Crippen LogP contribution in [0.25, 0.3) is 0 Å². The van der Waals surface area contributed by atoms with Gasteiger partial charge in [-0.2, -0.15) is 0 Å². The molecule has 90 valence electrons. The molecule has 2 rings (SSSR count). The predicted octanol–water partition coefficient (Wildman–Crippen LogP) is 4.69. The van der Waals surface area contributed by atoms with E-state index < -0.39 is 0 Å². The van der Waals surface area contributed by atoms with Crippen LogP contribution >= 0.6 is 45.8 Å². The first kappa shape index (κ1) is 14.7. The Morgan fingerprint density at radius 3 is 2.06 bits per heavy atom. The van der Waals surface area contributed by atoms with Crippen LogP contribution in [0.2, 0.25) is 10.3 Å². The molecular weight excluding hydrogens is 370 g/mol. The lowest BCUT2D eigenvalue weighted by molar-refractivity contribution is 1.23. The van der Waals surface area contributed by atoms with Gasteiger partial charge in [-0.1, -0.05) is 35.3 Å². The number of nitrogens with zero attached hydrogens (tertiary/aromatic N) is 2. The van der Waals surface area contributed by atoms with Crippen LogP contribution in [0.5, 0.6) is 0 Å². The minimum absolute atomic E-state index is 0.590. The van der Waals surface area contributed by atoms with Crippen molar-refractivity contribution >= 4 is 45.8 Å².